The summed E-state index contributed by atoms with van der Waals surface area (Å²) < 4.78 is 6.78. The summed E-state index contributed by atoms with van der Waals surface area (Å²) in [5, 5.41) is 14.5. The first kappa shape index (κ1) is 20.6. The van der Waals surface area contributed by atoms with Crippen molar-refractivity contribution in [2.75, 3.05) is 11.9 Å². The summed E-state index contributed by atoms with van der Waals surface area (Å²) in [6, 6.07) is 8.50. The Morgan fingerprint density at radius 2 is 1.94 bits per heavy atom. The fraction of sp³-hybridized carbons (Fsp3) is 0.440. The van der Waals surface area contributed by atoms with Crippen molar-refractivity contribution in [2.45, 2.75) is 63.6 Å². The van der Waals surface area contributed by atoms with Crippen LogP contribution in [-0.2, 0) is 0 Å². The van der Waals surface area contributed by atoms with Crippen molar-refractivity contribution in [3.63, 3.8) is 0 Å². The molecule has 2 aliphatic heterocycles. The van der Waals surface area contributed by atoms with Gasteiger partial charge in [0.15, 0.2) is 16.6 Å². The summed E-state index contributed by atoms with van der Waals surface area (Å²) in [6.45, 7) is 6.50. The summed E-state index contributed by atoms with van der Waals surface area (Å²) in [4.78, 5) is 16.3. The summed E-state index contributed by atoms with van der Waals surface area (Å²) in [5.41, 5.74) is 4.67. The first-order valence-corrected chi connectivity index (χ1v) is 12.2. The Bertz CT molecular complexity index is 1430. The maximum absolute atomic E-state index is 9.58. The second-order valence-electron chi connectivity index (χ2n) is 10.2. The third kappa shape index (κ3) is 3.38. The van der Waals surface area contributed by atoms with Crippen molar-refractivity contribution in [3.05, 3.63) is 35.9 Å². The first-order valence-electron chi connectivity index (χ1n) is 11.3. The normalized spacial score (nSPS) is 26.7. The minimum absolute atomic E-state index is 0.216. The van der Waals surface area contributed by atoms with Gasteiger partial charge in [-0.05, 0) is 57.7 Å². The van der Waals surface area contributed by atoms with E-state index in [0.29, 0.717) is 28.6 Å². The molecule has 3 aromatic heterocycles. The lowest BCUT2D eigenvalue weighted by Crippen LogP contribution is -2.58. The van der Waals surface area contributed by atoms with E-state index in [9.17, 15) is 5.26 Å². The molecule has 2 saturated heterocycles. The number of piperidine rings is 1. The van der Waals surface area contributed by atoms with Gasteiger partial charge in [0, 0.05) is 36.7 Å². The lowest BCUT2D eigenvalue weighted by Gasteiger charge is -2.45. The molecule has 8 heteroatoms. The minimum Gasteiger partial charge on any atom is -0.441 e. The van der Waals surface area contributed by atoms with E-state index in [-0.39, 0.29) is 11.1 Å². The van der Waals surface area contributed by atoms with Gasteiger partial charge in [-0.2, -0.15) is 5.26 Å². The van der Waals surface area contributed by atoms with E-state index in [1.165, 1.54) is 12.8 Å². The van der Waals surface area contributed by atoms with E-state index in [4.69, 9.17) is 9.40 Å². The van der Waals surface area contributed by atoms with Crippen LogP contribution < -0.4 is 10.2 Å². The highest BCUT2D eigenvalue weighted by atomic mass is 32.1. The molecule has 0 amide bonds. The van der Waals surface area contributed by atoms with E-state index in [1.54, 1.807) is 18.3 Å². The van der Waals surface area contributed by atoms with Gasteiger partial charge in [0.1, 0.15) is 17.1 Å². The fourth-order valence-corrected chi connectivity index (χ4v) is 6.76. The molecule has 0 saturated carbocycles. The van der Waals surface area contributed by atoms with Crippen molar-refractivity contribution >= 4 is 37.8 Å². The van der Waals surface area contributed by atoms with Gasteiger partial charge in [-0.15, -0.1) is 0 Å². The van der Waals surface area contributed by atoms with Gasteiger partial charge in [0.05, 0.1) is 22.2 Å². The van der Waals surface area contributed by atoms with E-state index < -0.39 is 0 Å². The molecular weight excluding hydrogens is 432 g/mol. The van der Waals surface area contributed by atoms with Crippen molar-refractivity contribution in [2.24, 2.45) is 0 Å². The van der Waals surface area contributed by atoms with Crippen LogP contribution in [-0.4, -0.2) is 39.1 Å². The molecule has 0 spiro atoms. The number of benzene rings is 1. The Morgan fingerprint density at radius 3 is 2.67 bits per heavy atom. The van der Waals surface area contributed by atoms with Crippen LogP contribution in [0.5, 0.6) is 0 Å². The second kappa shape index (κ2) is 6.99. The molecule has 6 rings (SSSR count). The standard InChI is InChI=1S/C25H26N6OS/c1-14-28-22-16(12-26)7-15(8-20(22)32-14)18-9-21-19(13-27-18)29-23(33-21)31(4)17-10-24(2)5-6-25(3,11-17)30-24/h7-9,13,17,30H,5-6,10-11H2,1-4H3. The topological polar surface area (TPSA) is 90.9 Å². The number of thiazole rings is 1. The molecule has 2 atom stereocenters. The lowest BCUT2D eigenvalue weighted by atomic mass is 9.84. The molecule has 1 N–H and O–H groups in total. The number of aryl methyl sites for hydroxylation is 1. The average Bonchev–Trinajstić information content (AvgIpc) is 3.43. The van der Waals surface area contributed by atoms with Crippen LogP contribution in [0.1, 0.15) is 51.0 Å². The van der Waals surface area contributed by atoms with E-state index in [1.807, 2.05) is 18.3 Å². The summed E-state index contributed by atoms with van der Waals surface area (Å²) >= 11 is 1.70. The van der Waals surface area contributed by atoms with Crippen LogP contribution in [0.3, 0.4) is 0 Å². The van der Waals surface area contributed by atoms with Gasteiger partial charge in [0.25, 0.3) is 0 Å². The Hall–Kier alpha value is -3.02. The molecule has 168 valence electrons. The van der Waals surface area contributed by atoms with Gasteiger partial charge >= 0.3 is 0 Å². The molecular formula is C25H26N6OS. The smallest absolute Gasteiger partial charge is 0.192 e. The van der Waals surface area contributed by atoms with Gasteiger partial charge in [0.2, 0.25) is 0 Å². The zero-order valence-corrected chi connectivity index (χ0v) is 20.1. The van der Waals surface area contributed by atoms with Crippen LogP contribution in [0.15, 0.2) is 28.8 Å². The fourth-order valence-electron chi connectivity index (χ4n) is 5.76. The van der Waals surface area contributed by atoms with Crippen LogP contribution in [0.25, 0.3) is 32.6 Å². The van der Waals surface area contributed by atoms with Crippen LogP contribution in [0.4, 0.5) is 5.13 Å². The molecule has 2 bridgehead atoms. The number of rotatable bonds is 3. The number of hydrogen-bond acceptors (Lipinski definition) is 8. The summed E-state index contributed by atoms with van der Waals surface area (Å²) in [7, 11) is 2.17. The number of nitrogens with one attached hydrogen (secondary N) is 1. The van der Waals surface area contributed by atoms with Crippen LogP contribution in [0.2, 0.25) is 0 Å². The molecule has 1 aromatic carbocycles. The SMILES string of the molecule is Cc1nc2c(C#N)cc(-c3cc4sc(N(C)C5CC6(C)CCC(C)(C5)N6)nc4cn3)cc2o1. The lowest BCUT2D eigenvalue weighted by molar-refractivity contribution is 0.208. The molecule has 0 aliphatic carbocycles. The number of anilines is 1. The molecule has 2 unspecified atom stereocenters. The molecule has 2 fully saturated rings. The van der Waals surface area contributed by atoms with Crippen molar-refractivity contribution in [1.82, 2.24) is 20.3 Å². The Kier molecular flexibility index (Phi) is 4.36. The largest absolute Gasteiger partial charge is 0.441 e. The van der Waals surface area contributed by atoms with E-state index in [0.717, 1.165) is 39.4 Å². The molecule has 7 nitrogen and oxygen atoms in total. The molecule has 2 aliphatic rings. The monoisotopic (exact) mass is 458 g/mol. The zero-order valence-electron chi connectivity index (χ0n) is 19.3. The third-order valence-corrected chi connectivity index (χ3v) is 8.44. The van der Waals surface area contributed by atoms with Crippen LogP contribution in [0, 0.1) is 18.3 Å². The Morgan fingerprint density at radius 1 is 1.18 bits per heavy atom. The Balaban J connectivity index is 1.34. The van der Waals surface area contributed by atoms with E-state index in [2.05, 4.69) is 53.2 Å². The highest BCUT2D eigenvalue weighted by Crippen LogP contribution is 2.44. The van der Waals surface area contributed by atoms with E-state index >= 15 is 0 Å². The number of hydrogen-bond donors (Lipinski definition) is 1. The van der Waals surface area contributed by atoms with Crippen molar-refractivity contribution < 1.29 is 4.42 Å². The second-order valence-corrected chi connectivity index (χ2v) is 11.2. The molecule has 33 heavy (non-hydrogen) atoms. The Labute approximate surface area is 196 Å². The maximum atomic E-state index is 9.58. The molecule has 4 aromatic rings. The van der Waals surface area contributed by atoms with Crippen molar-refractivity contribution in [3.8, 4) is 17.3 Å². The minimum atomic E-state index is 0.216. The highest BCUT2D eigenvalue weighted by Gasteiger charge is 2.49. The predicted molar refractivity (Wildman–Crippen MR) is 130 cm³/mol. The number of oxazole rings is 1. The highest BCUT2D eigenvalue weighted by molar-refractivity contribution is 7.22. The van der Waals surface area contributed by atoms with Gasteiger partial charge in [-0.3, -0.25) is 4.98 Å². The number of pyridine rings is 1. The third-order valence-electron chi connectivity index (χ3n) is 7.34. The maximum Gasteiger partial charge on any atom is 0.192 e. The quantitative estimate of drug-likeness (QED) is 0.452. The number of fused-ring (bicyclic) bond motifs is 4. The van der Waals surface area contributed by atoms with Crippen LogP contribution >= 0.6 is 11.3 Å². The van der Waals surface area contributed by atoms with Gasteiger partial charge in [-0.25, -0.2) is 9.97 Å². The number of aromatic nitrogens is 3. The molecule has 0 radical (unpaired) electrons. The molecule has 5 heterocycles. The first-order chi connectivity index (χ1) is 15.7. The summed E-state index contributed by atoms with van der Waals surface area (Å²) in [5.74, 6) is 0.547. The van der Waals surface area contributed by atoms with Crippen molar-refractivity contribution in [1.29, 1.82) is 5.26 Å². The predicted octanol–water partition coefficient (Wildman–Crippen LogP) is 5.18. The average molecular weight is 459 g/mol. The zero-order chi connectivity index (χ0) is 23.0. The number of nitriles is 1. The number of nitrogens with zero attached hydrogens (tertiary/aromatic N) is 5. The van der Waals surface area contributed by atoms with Gasteiger partial charge in [-0.1, -0.05) is 11.3 Å². The summed E-state index contributed by atoms with van der Waals surface area (Å²) in [6.07, 6.45) is 6.56. The van der Waals surface area contributed by atoms with Gasteiger partial charge < -0.3 is 14.6 Å².